The van der Waals surface area contributed by atoms with Crippen LogP contribution in [0.25, 0.3) is 0 Å². The predicted molar refractivity (Wildman–Crippen MR) is 81.8 cm³/mol. The van der Waals surface area contributed by atoms with Gasteiger partial charge in [-0.25, -0.2) is 4.79 Å². The van der Waals surface area contributed by atoms with Crippen molar-refractivity contribution in [2.24, 2.45) is 0 Å². The van der Waals surface area contributed by atoms with Crippen LogP contribution in [0.4, 0.5) is 0 Å². The lowest BCUT2D eigenvalue weighted by Gasteiger charge is -2.21. The third kappa shape index (κ3) is 5.85. The van der Waals surface area contributed by atoms with Gasteiger partial charge in [-0.15, -0.1) is 0 Å². The fourth-order valence-corrected chi connectivity index (χ4v) is 1.72. The van der Waals surface area contributed by atoms with Gasteiger partial charge < -0.3 is 15.2 Å². The number of rotatable bonds is 7. The van der Waals surface area contributed by atoms with Gasteiger partial charge in [0.05, 0.1) is 5.60 Å². The Morgan fingerprint density at radius 2 is 2.05 bits per heavy atom. The van der Waals surface area contributed by atoms with Gasteiger partial charge in [-0.3, -0.25) is 9.48 Å². The molecule has 7 nitrogen and oxygen atoms in total. The number of nitrogens with one attached hydrogen (secondary N) is 1. The molecule has 0 saturated heterocycles. The Morgan fingerprint density at radius 1 is 1.41 bits per heavy atom. The first-order chi connectivity index (χ1) is 10.1. The number of hydrogen-bond donors (Lipinski definition) is 2. The van der Waals surface area contributed by atoms with E-state index >= 15 is 0 Å². The largest absolute Gasteiger partial charge is 0.480 e. The van der Waals surface area contributed by atoms with Crippen LogP contribution in [0.3, 0.4) is 0 Å². The SMILES string of the molecule is CC(C)n1ccc(C(=O)NC(CCOC(C)(C)C)C(=O)O)n1. The van der Waals surface area contributed by atoms with Crippen LogP contribution in [0.15, 0.2) is 12.3 Å². The standard InChI is InChI=1S/C15H25N3O4/c1-10(2)18-8-6-11(17-18)13(19)16-12(14(20)21)7-9-22-15(3,4)5/h6,8,10,12H,7,9H2,1-5H3,(H,16,19)(H,20,21). The number of hydrogen-bond acceptors (Lipinski definition) is 4. The van der Waals surface area contributed by atoms with Crippen LogP contribution in [0, 0.1) is 0 Å². The summed E-state index contributed by atoms with van der Waals surface area (Å²) in [4.78, 5) is 23.3. The molecule has 0 aliphatic carbocycles. The summed E-state index contributed by atoms with van der Waals surface area (Å²) < 4.78 is 7.14. The molecule has 1 amide bonds. The minimum absolute atomic E-state index is 0.136. The first kappa shape index (κ1) is 18.2. The van der Waals surface area contributed by atoms with E-state index in [9.17, 15) is 14.7 Å². The van der Waals surface area contributed by atoms with E-state index in [0.29, 0.717) is 0 Å². The van der Waals surface area contributed by atoms with Crippen LogP contribution in [-0.2, 0) is 9.53 Å². The van der Waals surface area contributed by atoms with Crippen molar-refractivity contribution in [1.29, 1.82) is 0 Å². The van der Waals surface area contributed by atoms with Gasteiger partial charge in [0.15, 0.2) is 0 Å². The van der Waals surface area contributed by atoms with Crippen molar-refractivity contribution in [3.63, 3.8) is 0 Å². The molecule has 7 heteroatoms. The van der Waals surface area contributed by atoms with Crippen LogP contribution in [0.2, 0.25) is 0 Å². The van der Waals surface area contributed by atoms with Gasteiger partial charge in [0.25, 0.3) is 5.91 Å². The van der Waals surface area contributed by atoms with E-state index in [2.05, 4.69) is 10.4 Å². The summed E-state index contributed by atoms with van der Waals surface area (Å²) in [7, 11) is 0. The maximum Gasteiger partial charge on any atom is 0.326 e. The number of carboxylic acids is 1. The van der Waals surface area contributed by atoms with Crippen molar-refractivity contribution in [3.8, 4) is 0 Å². The maximum absolute atomic E-state index is 12.1. The molecule has 1 aromatic heterocycles. The van der Waals surface area contributed by atoms with E-state index in [1.165, 1.54) is 0 Å². The van der Waals surface area contributed by atoms with E-state index in [-0.39, 0.29) is 30.4 Å². The van der Waals surface area contributed by atoms with Crippen LogP contribution in [-0.4, -0.2) is 45.0 Å². The number of carboxylic acid groups (broad SMARTS) is 1. The molecule has 0 radical (unpaired) electrons. The predicted octanol–water partition coefficient (Wildman–Crippen LogP) is 1.85. The lowest BCUT2D eigenvalue weighted by atomic mass is 10.1. The Balaban J connectivity index is 2.62. The molecule has 0 fully saturated rings. The number of aliphatic carboxylic acids is 1. The second-order valence-electron chi connectivity index (χ2n) is 6.39. The minimum atomic E-state index is -1.09. The Hall–Kier alpha value is -1.89. The second kappa shape index (κ2) is 7.40. The quantitative estimate of drug-likeness (QED) is 0.801. The zero-order valence-corrected chi connectivity index (χ0v) is 13.8. The fraction of sp³-hybridized carbons (Fsp3) is 0.667. The topological polar surface area (TPSA) is 93.5 Å². The van der Waals surface area contributed by atoms with Gasteiger partial charge in [0.1, 0.15) is 11.7 Å². The molecule has 0 aliphatic rings. The summed E-state index contributed by atoms with van der Waals surface area (Å²) in [5, 5.41) is 15.8. The molecule has 22 heavy (non-hydrogen) atoms. The number of amides is 1. The monoisotopic (exact) mass is 311 g/mol. The molecule has 1 atom stereocenters. The smallest absolute Gasteiger partial charge is 0.326 e. The summed E-state index contributed by atoms with van der Waals surface area (Å²) in [5.41, 5.74) is -0.139. The van der Waals surface area contributed by atoms with Crippen molar-refractivity contribution in [2.45, 2.75) is 58.7 Å². The van der Waals surface area contributed by atoms with Crippen molar-refractivity contribution in [3.05, 3.63) is 18.0 Å². The van der Waals surface area contributed by atoms with Crippen molar-refractivity contribution in [2.75, 3.05) is 6.61 Å². The van der Waals surface area contributed by atoms with Crippen molar-refractivity contribution >= 4 is 11.9 Å². The molecule has 0 bridgehead atoms. The first-order valence-electron chi connectivity index (χ1n) is 7.33. The Kier molecular flexibility index (Phi) is 6.11. The highest BCUT2D eigenvalue weighted by Crippen LogP contribution is 2.09. The van der Waals surface area contributed by atoms with Gasteiger partial charge in [-0.1, -0.05) is 0 Å². The van der Waals surface area contributed by atoms with E-state index in [1.807, 2.05) is 34.6 Å². The zero-order valence-electron chi connectivity index (χ0n) is 13.8. The molecular formula is C15H25N3O4. The van der Waals surface area contributed by atoms with E-state index in [0.717, 1.165) is 0 Å². The summed E-state index contributed by atoms with van der Waals surface area (Å²) in [5.74, 6) is -1.59. The molecule has 0 spiro atoms. The third-order valence-electron chi connectivity index (χ3n) is 2.92. The second-order valence-corrected chi connectivity index (χ2v) is 6.39. The summed E-state index contributed by atoms with van der Waals surface area (Å²) >= 11 is 0. The number of carbonyl (C=O) groups excluding carboxylic acids is 1. The van der Waals surface area contributed by atoms with Crippen LogP contribution < -0.4 is 5.32 Å². The molecular weight excluding hydrogens is 286 g/mol. The summed E-state index contributed by atoms with van der Waals surface area (Å²) in [6, 6.07) is 0.705. The third-order valence-corrected chi connectivity index (χ3v) is 2.92. The molecule has 1 rings (SSSR count). The molecule has 0 aromatic carbocycles. The fourth-order valence-electron chi connectivity index (χ4n) is 1.72. The number of aromatic nitrogens is 2. The molecule has 124 valence electrons. The normalized spacial score (nSPS) is 13.2. The Labute approximate surface area is 130 Å². The Morgan fingerprint density at radius 3 is 2.50 bits per heavy atom. The number of nitrogens with zero attached hydrogens (tertiary/aromatic N) is 2. The minimum Gasteiger partial charge on any atom is -0.480 e. The maximum atomic E-state index is 12.1. The van der Waals surface area contributed by atoms with Gasteiger partial charge >= 0.3 is 5.97 Å². The Bertz CT molecular complexity index is 517. The van der Waals surface area contributed by atoms with Crippen molar-refractivity contribution in [1.82, 2.24) is 15.1 Å². The van der Waals surface area contributed by atoms with Crippen molar-refractivity contribution < 1.29 is 19.4 Å². The highest BCUT2D eigenvalue weighted by molar-refractivity contribution is 5.94. The number of ether oxygens (including phenoxy) is 1. The number of carbonyl (C=O) groups is 2. The van der Waals surface area contributed by atoms with E-state index in [1.54, 1.807) is 16.9 Å². The summed E-state index contributed by atoms with van der Waals surface area (Å²) in [6.45, 7) is 9.80. The zero-order chi connectivity index (χ0) is 16.9. The average molecular weight is 311 g/mol. The van der Waals surface area contributed by atoms with Gasteiger partial charge in [0.2, 0.25) is 0 Å². The van der Waals surface area contributed by atoms with Gasteiger partial charge in [0, 0.05) is 25.3 Å². The lowest BCUT2D eigenvalue weighted by Crippen LogP contribution is -2.42. The average Bonchev–Trinajstić information content (AvgIpc) is 2.85. The molecule has 0 aliphatic heterocycles. The lowest BCUT2D eigenvalue weighted by molar-refractivity contribution is -0.140. The first-order valence-corrected chi connectivity index (χ1v) is 7.33. The van der Waals surface area contributed by atoms with Crippen LogP contribution in [0.5, 0.6) is 0 Å². The van der Waals surface area contributed by atoms with Gasteiger partial charge in [-0.2, -0.15) is 5.10 Å². The molecule has 0 saturated carbocycles. The molecule has 1 unspecified atom stereocenters. The molecule has 1 heterocycles. The van der Waals surface area contributed by atoms with E-state index < -0.39 is 17.9 Å². The molecule has 1 aromatic rings. The highest BCUT2D eigenvalue weighted by atomic mass is 16.5. The summed E-state index contributed by atoms with van der Waals surface area (Å²) in [6.07, 6.45) is 1.89. The van der Waals surface area contributed by atoms with Gasteiger partial charge in [-0.05, 0) is 40.7 Å². The van der Waals surface area contributed by atoms with Crippen LogP contribution in [0.1, 0.15) is 57.6 Å². The highest BCUT2D eigenvalue weighted by Gasteiger charge is 2.23. The van der Waals surface area contributed by atoms with Crippen LogP contribution >= 0.6 is 0 Å². The molecule has 2 N–H and O–H groups in total. The van der Waals surface area contributed by atoms with E-state index in [4.69, 9.17) is 4.74 Å².